The van der Waals surface area contributed by atoms with E-state index in [-0.39, 0.29) is 5.91 Å². The molecule has 0 rings (SSSR count). The van der Waals surface area contributed by atoms with Crippen LogP contribution in [-0.4, -0.2) is 11.6 Å². The topological polar surface area (TPSA) is 41.5 Å². The van der Waals surface area contributed by atoms with Gasteiger partial charge in [-0.25, -0.2) is 5.43 Å². The second kappa shape index (κ2) is 7.54. The van der Waals surface area contributed by atoms with Crippen LogP contribution in [0.2, 0.25) is 0 Å². The van der Waals surface area contributed by atoms with E-state index in [4.69, 9.17) is 0 Å². The average molecular weight is 198 g/mol. The summed E-state index contributed by atoms with van der Waals surface area (Å²) in [5.74, 6) is 0.612. The summed E-state index contributed by atoms with van der Waals surface area (Å²) in [6.07, 6.45) is 3.50. The first-order chi connectivity index (χ1) is 6.56. The van der Waals surface area contributed by atoms with Gasteiger partial charge in [0.15, 0.2) is 0 Å². The fourth-order valence-electron chi connectivity index (χ4n) is 1.19. The lowest BCUT2D eigenvalue weighted by Gasteiger charge is -2.04. The molecule has 82 valence electrons. The van der Waals surface area contributed by atoms with Crippen molar-refractivity contribution in [3.05, 3.63) is 0 Å². The maximum Gasteiger partial charge on any atom is 0.240 e. The smallest absolute Gasteiger partial charge is 0.240 e. The Morgan fingerprint density at radius 2 is 2.07 bits per heavy atom. The molecule has 0 saturated heterocycles. The SMILES string of the molecule is CCCCC(=O)NN=C(C)CC(C)C. The summed E-state index contributed by atoms with van der Waals surface area (Å²) < 4.78 is 0. The van der Waals surface area contributed by atoms with Crippen molar-refractivity contribution in [1.29, 1.82) is 0 Å². The predicted molar refractivity (Wildman–Crippen MR) is 60.2 cm³/mol. The maximum absolute atomic E-state index is 11.2. The van der Waals surface area contributed by atoms with Crippen molar-refractivity contribution in [3.8, 4) is 0 Å². The lowest BCUT2D eigenvalue weighted by molar-refractivity contribution is -0.121. The molecule has 3 heteroatoms. The van der Waals surface area contributed by atoms with Crippen molar-refractivity contribution in [2.24, 2.45) is 11.0 Å². The first-order valence-corrected chi connectivity index (χ1v) is 5.38. The molecule has 0 spiro atoms. The zero-order valence-corrected chi connectivity index (χ0v) is 9.76. The van der Waals surface area contributed by atoms with Crippen molar-refractivity contribution in [2.45, 2.75) is 53.4 Å². The zero-order valence-electron chi connectivity index (χ0n) is 9.76. The number of nitrogens with one attached hydrogen (secondary N) is 1. The summed E-state index contributed by atoms with van der Waals surface area (Å²) in [5, 5.41) is 4.03. The Kier molecular flexibility index (Phi) is 7.07. The molecule has 14 heavy (non-hydrogen) atoms. The van der Waals surface area contributed by atoms with Crippen LogP contribution in [-0.2, 0) is 4.79 Å². The van der Waals surface area contributed by atoms with Crippen molar-refractivity contribution in [2.75, 3.05) is 0 Å². The lowest BCUT2D eigenvalue weighted by Crippen LogP contribution is -2.18. The molecule has 0 aliphatic carbocycles. The minimum Gasteiger partial charge on any atom is -0.273 e. The summed E-state index contributed by atoms with van der Waals surface area (Å²) in [4.78, 5) is 11.2. The van der Waals surface area contributed by atoms with E-state index in [1.54, 1.807) is 0 Å². The number of unbranched alkanes of at least 4 members (excludes halogenated alkanes) is 1. The van der Waals surface area contributed by atoms with Crippen LogP contribution in [0.4, 0.5) is 0 Å². The highest BCUT2D eigenvalue weighted by Gasteiger charge is 2.00. The van der Waals surface area contributed by atoms with Gasteiger partial charge >= 0.3 is 0 Å². The largest absolute Gasteiger partial charge is 0.273 e. The van der Waals surface area contributed by atoms with Crippen LogP contribution in [0.25, 0.3) is 0 Å². The Morgan fingerprint density at radius 3 is 2.57 bits per heavy atom. The number of nitrogens with zero attached hydrogens (tertiary/aromatic N) is 1. The normalized spacial score (nSPS) is 11.9. The van der Waals surface area contributed by atoms with Gasteiger partial charge in [-0.05, 0) is 25.7 Å². The Balaban J connectivity index is 3.72. The van der Waals surface area contributed by atoms with Gasteiger partial charge < -0.3 is 0 Å². The average Bonchev–Trinajstić information content (AvgIpc) is 2.10. The number of hydrogen-bond acceptors (Lipinski definition) is 2. The molecule has 0 aromatic carbocycles. The third kappa shape index (κ3) is 7.77. The Labute approximate surface area is 87.0 Å². The second-order valence-electron chi connectivity index (χ2n) is 4.08. The number of hydrazone groups is 1. The van der Waals surface area contributed by atoms with Gasteiger partial charge in [0, 0.05) is 12.1 Å². The molecule has 1 amide bonds. The Morgan fingerprint density at radius 1 is 1.43 bits per heavy atom. The molecular weight excluding hydrogens is 176 g/mol. The van der Waals surface area contributed by atoms with Crippen LogP contribution in [0.15, 0.2) is 5.10 Å². The highest BCUT2D eigenvalue weighted by Crippen LogP contribution is 2.00. The standard InChI is InChI=1S/C11H22N2O/c1-5-6-7-11(14)13-12-10(4)8-9(2)3/h9H,5-8H2,1-4H3,(H,13,14). The highest BCUT2D eigenvalue weighted by atomic mass is 16.2. The maximum atomic E-state index is 11.2. The molecule has 0 unspecified atom stereocenters. The predicted octanol–water partition coefficient (Wildman–Crippen LogP) is 2.71. The van der Waals surface area contributed by atoms with Crippen LogP contribution in [0, 0.1) is 5.92 Å². The number of carbonyl (C=O) groups excluding carboxylic acids is 1. The quantitative estimate of drug-likeness (QED) is 0.517. The number of hydrogen-bond donors (Lipinski definition) is 1. The molecule has 0 aromatic heterocycles. The Bertz CT molecular complexity index is 197. The van der Waals surface area contributed by atoms with Crippen LogP contribution >= 0.6 is 0 Å². The van der Waals surface area contributed by atoms with E-state index in [0.717, 1.165) is 25.0 Å². The zero-order chi connectivity index (χ0) is 11.0. The van der Waals surface area contributed by atoms with Gasteiger partial charge in [0.25, 0.3) is 0 Å². The van der Waals surface area contributed by atoms with Crippen molar-refractivity contribution in [3.63, 3.8) is 0 Å². The van der Waals surface area contributed by atoms with E-state index in [1.807, 2.05) is 6.92 Å². The highest BCUT2D eigenvalue weighted by molar-refractivity contribution is 5.84. The van der Waals surface area contributed by atoms with Crippen LogP contribution in [0.3, 0.4) is 0 Å². The first kappa shape index (κ1) is 13.1. The van der Waals surface area contributed by atoms with Gasteiger partial charge in [-0.3, -0.25) is 4.79 Å². The number of amides is 1. The number of carbonyl (C=O) groups is 1. The summed E-state index contributed by atoms with van der Waals surface area (Å²) in [5.41, 5.74) is 3.56. The molecule has 3 nitrogen and oxygen atoms in total. The van der Waals surface area contributed by atoms with E-state index in [2.05, 4.69) is 31.3 Å². The molecule has 0 radical (unpaired) electrons. The summed E-state index contributed by atoms with van der Waals surface area (Å²) in [7, 11) is 0. The van der Waals surface area contributed by atoms with Gasteiger partial charge in [0.05, 0.1) is 0 Å². The molecule has 0 heterocycles. The van der Waals surface area contributed by atoms with E-state index in [1.165, 1.54) is 0 Å². The van der Waals surface area contributed by atoms with E-state index in [0.29, 0.717) is 12.3 Å². The lowest BCUT2D eigenvalue weighted by atomic mass is 10.1. The van der Waals surface area contributed by atoms with Crippen LogP contribution < -0.4 is 5.43 Å². The van der Waals surface area contributed by atoms with Gasteiger partial charge in [-0.15, -0.1) is 0 Å². The van der Waals surface area contributed by atoms with E-state index < -0.39 is 0 Å². The van der Waals surface area contributed by atoms with Gasteiger partial charge in [0.1, 0.15) is 0 Å². The fourth-order valence-corrected chi connectivity index (χ4v) is 1.19. The number of rotatable bonds is 6. The summed E-state index contributed by atoms with van der Waals surface area (Å²) in [6, 6.07) is 0. The molecule has 0 fully saturated rings. The minimum absolute atomic E-state index is 0.0231. The summed E-state index contributed by atoms with van der Waals surface area (Å²) >= 11 is 0. The molecule has 0 saturated carbocycles. The molecule has 0 aliphatic heterocycles. The van der Waals surface area contributed by atoms with Crippen molar-refractivity contribution < 1.29 is 4.79 Å². The molecule has 0 aliphatic rings. The second-order valence-corrected chi connectivity index (χ2v) is 4.08. The third-order valence-electron chi connectivity index (χ3n) is 1.83. The molecule has 0 atom stereocenters. The van der Waals surface area contributed by atoms with Crippen LogP contribution in [0.5, 0.6) is 0 Å². The third-order valence-corrected chi connectivity index (χ3v) is 1.83. The minimum atomic E-state index is 0.0231. The Hall–Kier alpha value is -0.860. The van der Waals surface area contributed by atoms with E-state index >= 15 is 0 Å². The van der Waals surface area contributed by atoms with Crippen molar-refractivity contribution >= 4 is 11.6 Å². The van der Waals surface area contributed by atoms with Gasteiger partial charge in [0.2, 0.25) is 5.91 Å². The summed E-state index contributed by atoms with van der Waals surface area (Å²) in [6.45, 7) is 8.29. The molecule has 0 bridgehead atoms. The van der Waals surface area contributed by atoms with Crippen molar-refractivity contribution in [1.82, 2.24) is 5.43 Å². The first-order valence-electron chi connectivity index (χ1n) is 5.38. The fraction of sp³-hybridized carbons (Fsp3) is 0.818. The van der Waals surface area contributed by atoms with E-state index in [9.17, 15) is 4.79 Å². The van der Waals surface area contributed by atoms with Gasteiger partial charge in [-0.1, -0.05) is 27.2 Å². The molecular formula is C11H22N2O. The van der Waals surface area contributed by atoms with Gasteiger partial charge in [-0.2, -0.15) is 5.10 Å². The molecule has 0 aromatic rings. The van der Waals surface area contributed by atoms with Crippen LogP contribution in [0.1, 0.15) is 53.4 Å². The molecule has 1 N–H and O–H groups in total. The monoisotopic (exact) mass is 198 g/mol.